The largest absolute Gasteiger partial charge is 0.483 e. The number of hydrogen-bond donors (Lipinski definition) is 2. The normalized spacial score (nSPS) is 11.6. The van der Waals surface area contributed by atoms with Crippen LogP contribution in [0.2, 0.25) is 10.0 Å². The summed E-state index contributed by atoms with van der Waals surface area (Å²) in [5.41, 5.74) is 5.95. The van der Waals surface area contributed by atoms with Crippen LogP contribution in [0.4, 0.5) is 0 Å². The van der Waals surface area contributed by atoms with E-state index in [0.29, 0.717) is 16.7 Å². The highest BCUT2D eigenvalue weighted by Crippen LogP contribution is 2.30. The highest BCUT2D eigenvalue weighted by atomic mass is 79.9. The third-order valence-electron chi connectivity index (χ3n) is 3.99. The van der Waals surface area contributed by atoms with Crippen molar-refractivity contribution in [1.29, 1.82) is 0 Å². The molecule has 5 nitrogen and oxygen atoms in total. The topological polar surface area (TPSA) is 67.4 Å². The molecule has 2 aromatic carbocycles. The number of carbonyl (C=O) groups is 2. The molecule has 27 heavy (non-hydrogen) atoms. The van der Waals surface area contributed by atoms with E-state index in [4.69, 9.17) is 27.9 Å². The summed E-state index contributed by atoms with van der Waals surface area (Å²) >= 11 is 15.2. The quantitative estimate of drug-likeness (QED) is 0.573. The van der Waals surface area contributed by atoms with Crippen LogP contribution < -0.4 is 15.6 Å². The van der Waals surface area contributed by atoms with E-state index in [2.05, 4.69) is 40.6 Å². The van der Waals surface area contributed by atoms with Crippen LogP contribution >= 0.6 is 39.1 Å². The SMILES string of the molecule is CCC(C)c1ccc(OCC(=O)NNC(=O)c2ccc(Cl)cc2Cl)c(Br)c1. The lowest BCUT2D eigenvalue weighted by Crippen LogP contribution is -2.43. The Morgan fingerprint density at radius 2 is 1.89 bits per heavy atom. The van der Waals surface area contributed by atoms with E-state index in [-0.39, 0.29) is 17.2 Å². The number of benzene rings is 2. The van der Waals surface area contributed by atoms with Crippen molar-refractivity contribution in [3.63, 3.8) is 0 Å². The summed E-state index contributed by atoms with van der Waals surface area (Å²) in [6, 6.07) is 10.2. The van der Waals surface area contributed by atoms with E-state index < -0.39 is 11.8 Å². The number of hydrogen-bond acceptors (Lipinski definition) is 3. The molecular weight excluding hydrogens is 455 g/mol. The van der Waals surface area contributed by atoms with Crippen LogP contribution in [0, 0.1) is 0 Å². The molecule has 0 heterocycles. The fourth-order valence-electron chi connectivity index (χ4n) is 2.22. The maximum absolute atomic E-state index is 12.0. The fourth-order valence-corrected chi connectivity index (χ4v) is 3.23. The van der Waals surface area contributed by atoms with E-state index in [1.165, 1.54) is 23.8 Å². The predicted octanol–water partition coefficient (Wildman–Crippen LogP) is 5.11. The van der Waals surface area contributed by atoms with Crippen LogP contribution in [-0.2, 0) is 4.79 Å². The van der Waals surface area contributed by atoms with Crippen LogP contribution in [0.3, 0.4) is 0 Å². The van der Waals surface area contributed by atoms with Gasteiger partial charge < -0.3 is 4.74 Å². The minimum absolute atomic E-state index is 0.191. The molecule has 0 saturated carbocycles. The monoisotopic (exact) mass is 472 g/mol. The minimum Gasteiger partial charge on any atom is -0.483 e. The molecule has 2 N–H and O–H groups in total. The average Bonchev–Trinajstić information content (AvgIpc) is 2.64. The van der Waals surface area contributed by atoms with Gasteiger partial charge in [-0.05, 0) is 64.2 Å². The Balaban J connectivity index is 1.86. The molecule has 2 amide bonds. The maximum Gasteiger partial charge on any atom is 0.276 e. The standard InChI is InChI=1S/C19H19BrCl2N2O3/c1-3-11(2)12-4-7-17(15(20)8-12)27-10-18(25)23-24-19(26)14-6-5-13(21)9-16(14)22/h4-9,11H,3,10H2,1-2H3,(H,23,25)(H,24,26). The first-order chi connectivity index (χ1) is 12.8. The van der Waals surface area contributed by atoms with Gasteiger partial charge in [0, 0.05) is 5.02 Å². The van der Waals surface area contributed by atoms with E-state index >= 15 is 0 Å². The molecule has 0 aliphatic carbocycles. The molecule has 2 aromatic rings. The Hall–Kier alpha value is -1.76. The van der Waals surface area contributed by atoms with Crippen molar-refractivity contribution in [2.45, 2.75) is 26.2 Å². The first-order valence-electron chi connectivity index (χ1n) is 8.28. The van der Waals surface area contributed by atoms with Crippen LogP contribution in [-0.4, -0.2) is 18.4 Å². The first-order valence-corrected chi connectivity index (χ1v) is 9.83. The molecule has 0 saturated heterocycles. The fraction of sp³-hybridized carbons (Fsp3) is 0.263. The van der Waals surface area contributed by atoms with Crippen molar-refractivity contribution in [2.75, 3.05) is 6.61 Å². The van der Waals surface area contributed by atoms with Crippen LogP contribution in [0.25, 0.3) is 0 Å². The molecule has 2 rings (SSSR count). The van der Waals surface area contributed by atoms with Crippen LogP contribution in [0.5, 0.6) is 5.75 Å². The number of nitrogens with one attached hydrogen (secondary N) is 2. The molecule has 0 aliphatic rings. The van der Waals surface area contributed by atoms with Gasteiger partial charge in [0.2, 0.25) is 0 Å². The molecule has 0 aliphatic heterocycles. The molecule has 0 spiro atoms. The molecule has 0 fully saturated rings. The van der Waals surface area contributed by atoms with Crippen molar-refractivity contribution < 1.29 is 14.3 Å². The van der Waals surface area contributed by atoms with Crippen molar-refractivity contribution >= 4 is 50.9 Å². The van der Waals surface area contributed by atoms with Crippen molar-refractivity contribution in [2.24, 2.45) is 0 Å². The van der Waals surface area contributed by atoms with Gasteiger partial charge in [-0.3, -0.25) is 20.4 Å². The highest BCUT2D eigenvalue weighted by Gasteiger charge is 2.13. The number of rotatable bonds is 6. The molecule has 0 bridgehead atoms. The van der Waals surface area contributed by atoms with Crippen molar-refractivity contribution in [3.8, 4) is 5.75 Å². The van der Waals surface area contributed by atoms with Gasteiger partial charge in [-0.15, -0.1) is 0 Å². The Kier molecular flexibility index (Phi) is 7.95. The molecule has 144 valence electrons. The van der Waals surface area contributed by atoms with Gasteiger partial charge >= 0.3 is 0 Å². The molecule has 8 heteroatoms. The Labute approximate surface area is 176 Å². The lowest BCUT2D eigenvalue weighted by atomic mass is 9.99. The highest BCUT2D eigenvalue weighted by molar-refractivity contribution is 9.10. The van der Waals surface area contributed by atoms with Gasteiger partial charge in [-0.1, -0.05) is 43.1 Å². The number of carbonyl (C=O) groups excluding carboxylic acids is 2. The minimum atomic E-state index is -0.552. The third kappa shape index (κ3) is 6.13. The molecule has 1 atom stereocenters. The number of hydrazine groups is 1. The zero-order valence-corrected chi connectivity index (χ0v) is 17.9. The van der Waals surface area contributed by atoms with E-state index in [1.54, 1.807) is 0 Å². The molecule has 0 radical (unpaired) electrons. The zero-order valence-electron chi connectivity index (χ0n) is 14.8. The van der Waals surface area contributed by atoms with Gasteiger partial charge in [0.05, 0.1) is 15.1 Å². The van der Waals surface area contributed by atoms with E-state index in [9.17, 15) is 9.59 Å². The summed E-state index contributed by atoms with van der Waals surface area (Å²) in [6.45, 7) is 4.01. The maximum atomic E-state index is 12.0. The summed E-state index contributed by atoms with van der Waals surface area (Å²) in [5, 5.41) is 0.606. The van der Waals surface area contributed by atoms with Gasteiger partial charge in [0.1, 0.15) is 5.75 Å². The van der Waals surface area contributed by atoms with E-state index in [0.717, 1.165) is 10.9 Å². The lowest BCUT2D eigenvalue weighted by molar-refractivity contribution is -0.123. The summed E-state index contributed by atoms with van der Waals surface area (Å²) in [4.78, 5) is 23.9. The molecule has 1 unspecified atom stereocenters. The van der Waals surface area contributed by atoms with Crippen LogP contribution in [0.15, 0.2) is 40.9 Å². The summed E-state index contributed by atoms with van der Waals surface area (Å²) < 4.78 is 6.26. The second kappa shape index (κ2) is 9.97. The van der Waals surface area contributed by atoms with Crippen molar-refractivity contribution in [1.82, 2.24) is 10.9 Å². The van der Waals surface area contributed by atoms with Gasteiger partial charge in [0.25, 0.3) is 11.8 Å². The zero-order chi connectivity index (χ0) is 20.0. The second-order valence-electron chi connectivity index (χ2n) is 5.91. The smallest absolute Gasteiger partial charge is 0.276 e. The molecular formula is C19H19BrCl2N2O3. The Morgan fingerprint density at radius 3 is 2.52 bits per heavy atom. The van der Waals surface area contributed by atoms with Gasteiger partial charge in [-0.25, -0.2) is 0 Å². The van der Waals surface area contributed by atoms with Crippen molar-refractivity contribution in [3.05, 3.63) is 62.0 Å². The van der Waals surface area contributed by atoms with Gasteiger partial charge in [0.15, 0.2) is 6.61 Å². The summed E-state index contributed by atoms with van der Waals surface area (Å²) in [5.74, 6) is -0.0757. The van der Waals surface area contributed by atoms with E-state index in [1.807, 2.05) is 18.2 Å². The Bertz CT molecular complexity index is 846. The number of amides is 2. The average molecular weight is 474 g/mol. The lowest BCUT2D eigenvalue weighted by Gasteiger charge is -2.13. The number of halogens is 3. The predicted molar refractivity (Wildman–Crippen MR) is 110 cm³/mol. The molecule has 0 aromatic heterocycles. The summed E-state index contributed by atoms with van der Waals surface area (Å²) in [7, 11) is 0. The van der Waals surface area contributed by atoms with Gasteiger partial charge in [-0.2, -0.15) is 0 Å². The third-order valence-corrected chi connectivity index (χ3v) is 5.15. The first kappa shape index (κ1) is 21.5. The second-order valence-corrected chi connectivity index (χ2v) is 7.61. The summed E-state index contributed by atoms with van der Waals surface area (Å²) in [6.07, 6.45) is 1.03. The van der Waals surface area contributed by atoms with Crippen LogP contribution in [0.1, 0.15) is 42.1 Å². The number of ether oxygens (including phenoxy) is 1. The Morgan fingerprint density at radius 1 is 1.15 bits per heavy atom.